The zero-order valence-corrected chi connectivity index (χ0v) is 15.6. The number of para-hydroxylation sites is 2. The number of anilines is 3. The Bertz CT molecular complexity index is 1300. The average molecular weight is 357 g/mol. The Morgan fingerprint density at radius 3 is 2.04 bits per heavy atom. The molecule has 4 aromatic carbocycles. The van der Waals surface area contributed by atoms with Gasteiger partial charge in [-0.25, -0.2) is 0 Å². The third-order valence-corrected chi connectivity index (χ3v) is 6.65. The van der Waals surface area contributed by atoms with E-state index < -0.39 is 0 Å². The van der Waals surface area contributed by atoms with Gasteiger partial charge in [-0.2, -0.15) is 0 Å². The van der Waals surface area contributed by atoms with Crippen molar-refractivity contribution in [3.8, 4) is 11.1 Å². The molecule has 1 aliphatic carbocycles. The largest absolute Gasteiger partial charge is 0.309 e. The number of nitrogens with zero attached hydrogens (tertiary/aromatic N) is 1. The molecule has 0 unspecified atom stereocenters. The maximum absolute atomic E-state index is 2.53. The van der Waals surface area contributed by atoms with Crippen molar-refractivity contribution in [2.75, 3.05) is 4.90 Å². The van der Waals surface area contributed by atoms with E-state index >= 15 is 0 Å². The zero-order chi connectivity index (χ0) is 18.2. The van der Waals surface area contributed by atoms with Crippen LogP contribution in [0.1, 0.15) is 33.4 Å². The van der Waals surface area contributed by atoms with Crippen LogP contribution in [0, 0.1) is 0 Å². The van der Waals surface area contributed by atoms with Gasteiger partial charge in [-0.1, -0.05) is 60.7 Å². The minimum atomic E-state index is 1.02. The quantitative estimate of drug-likeness (QED) is 0.298. The lowest BCUT2D eigenvalue weighted by atomic mass is 9.85. The van der Waals surface area contributed by atoms with Crippen LogP contribution in [0.5, 0.6) is 0 Å². The normalized spacial score (nSPS) is 14.6. The fourth-order valence-electron chi connectivity index (χ4n) is 5.44. The fraction of sp³-hybridized carbons (Fsp3) is 0.111. The van der Waals surface area contributed by atoms with Gasteiger partial charge in [-0.05, 0) is 69.1 Å². The summed E-state index contributed by atoms with van der Waals surface area (Å²) >= 11 is 0. The lowest BCUT2D eigenvalue weighted by Crippen LogP contribution is -2.24. The summed E-state index contributed by atoms with van der Waals surface area (Å²) in [4.78, 5) is 2.53. The summed E-state index contributed by atoms with van der Waals surface area (Å²) in [6, 6.07) is 29.5. The van der Waals surface area contributed by atoms with E-state index in [4.69, 9.17) is 0 Å². The zero-order valence-electron chi connectivity index (χ0n) is 15.6. The third kappa shape index (κ3) is 1.81. The molecule has 0 radical (unpaired) electrons. The summed E-state index contributed by atoms with van der Waals surface area (Å²) in [6.07, 6.45) is 3.09. The molecule has 0 aromatic heterocycles. The smallest absolute Gasteiger partial charge is 0.0532 e. The molecular weight excluding hydrogens is 338 g/mol. The highest BCUT2D eigenvalue weighted by Crippen LogP contribution is 2.52. The van der Waals surface area contributed by atoms with Crippen molar-refractivity contribution in [1.82, 2.24) is 0 Å². The summed E-state index contributed by atoms with van der Waals surface area (Å²) in [5.41, 5.74) is 15.7. The maximum Gasteiger partial charge on any atom is 0.0532 e. The van der Waals surface area contributed by atoms with Gasteiger partial charge in [0.05, 0.1) is 11.4 Å². The van der Waals surface area contributed by atoms with Gasteiger partial charge in [0.25, 0.3) is 0 Å². The van der Waals surface area contributed by atoms with Crippen LogP contribution < -0.4 is 4.90 Å². The molecule has 0 spiro atoms. The first-order valence-corrected chi connectivity index (χ1v) is 10.1. The van der Waals surface area contributed by atoms with Crippen molar-refractivity contribution in [2.45, 2.75) is 19.3 Å². The second kappa shape index (κ2) is 5.14. The predicted molar refractivity (Wildman–Crippen MR) is 115 cm³/mol. The second-order valence-corrected chi connectivity index (χ2v) is 8.21. The summed E-state index contributed by atoms with van der Waals surface area (Å²) in [7, 11) is 0. The topological polar surface area (TPSA) is 3.24 Å². The average Bonchev–Trinajstić information content (AvgIpc) is 3.09. The van der Waals surface area contributed by atoms with Gasteiger partial charge in [-0.3, -0.25) is 0 Å². The number of rotatable bonds is 0. The molecule has 132 valence electrons. The monoisotopic (exact) mass is 357 g/mol. The van der Waals surface area contributed by atoms with Crippen LogP contribution in [0.4, 0.5) is 17.1 Å². The van der Waals surface area contributed by atoms with Crippen LogP contribution in [-0.4, -0.2) is 0 Å². The van der Waals surface area contributed by atoms with E-state index in [-0.39, 0.29) is 0 Å². The van der Waals surface area contributed by atoms with E-state index in [9.17, 15) is 0 Å². The molecule has 0 amide bonds. The third-order valence-electron chi connectivity index (χ3n) is 6.65. The molecule has 0 saturated carbocycles. The standard InChI is InChI=1S/C27H19N/c1-3-10-23-17(6-1)12-21-16-26-22(15-24(21)23)14-20-9-5-8-19-13-18-7-2-4-11-25(18)28(26)27(19)20/h1-11,15-16H,12-14H2. The number of benzene rings is 4. The number of hydrogen-bond acceptors (Lipinski definition) is 1. The molecule has 28 heavy (non-hydrogen) atoms. The molecule has 0 bridgehead atoms. The Labute approximate surface area is 164 Å². The van der Waals surface area contributed by atoms with Crippen LogP contribution in [0.25, 0.3) is 11.1 Å². The highest BCUT2D eigenvalue weighted by atomic mass is 15.2. The van der Waals surface area contributed by atoms with Gasteiger partial charge in [0.1, 0.15) is 0 Å². The van der Waals surface area contributed by atoms with E-state index in [1.165, 1.54) is 61.6 Å². The number of fused-ring (bicyclic) bond motifs is 7. The van der Waals surface area contributed by atoms with Crippen molar-refractivity contribution in [3.63, 3.8) is 0 Å². The Morgan fingerprint density at radius 1 is 0.464 bits per heavy atom. The molecule has 3 aliphatic rings. The molecule has 0 N–H and O–H groups in total. The van der Waals surface area contributed by atoms with Crippen LogP contribution in [0.15, 0.2) is 78.9 Å². The van der Waals surface area contributed by atoms with E-state index in [1.54, 1.807) is 0 Å². The summed E-state index contributed by atoms with van der Waals surface area (Å²) < 4.78 is 0. The Hall–Kier alpha value is -3.32. The minimum Gasteiger partial charge on any atom is -0.309 e. The van der Waals surface area contributed by atoms with Gasteiger partial charge in [0.2, 0.25) is 0 Å². The molecule has 2 aliphatic heterocycles. The van der Waals surface area contributed by atoms with Crippen LogP contribution >= 0.6 is 0 Å². The van der Waals surface area contributed by atoms with Crippen molar-refractivity contribution in [1.29, 1.82) is 0 Å². The van der Waals surface area contributed by atoms with Crippen molar-refractivity contribution in [3.05, 3.63) is 112 Å². The van der Waals surface area contributed by atoms with E-state index in [2.05, 4.69) is 83.8 Å². The SMILES string of the molecule is c1ccc2c(c1)Cc1cc3c(cc1-2)Cc1cccc2c1N3c1ccccc1C2. The highest BCUT2D eigenvalue weighted by Gasteiger charge is 2.32. The van der Waals surface area contributed by atoms with Crippen LogP contribution in [-0.2, 0) is 19.3 Å². The Balaban J connectivity index is 1.51. The lowest BCUT2D eigenvalue weighted by Gasteiger charge is -2.39. The van der Waals surface area contributed by atoms with Crippen molar-refractivity contribution >= 4 is 17.1 Å². The molecule has 1 nitrogen and oxygen atoms in total. The maximum atomic E-state index is 2.53. The molecule has 0 fully saturated rings. The molecule has 7 rings (SSSR count). The predicted octanol–water partition coefficient (Wildman–Crippen LogP) is 6.54. The first-order chi connectivity index (χ1) is 13.9. The highest BCUT2D eigenvalue weighted by molar-refractivity contribution is 5.91. The van der Waals surface area contributed by atoms with Gasteiger partial charge in [0.15, 0.2) is 0 Å². The lowest BCUT2D eigenvalue weighted by molar-refractivity contribution is 1.01. The van der Waals surface area contributed by atoms with Crippen molar-refractivity contribution < 1.29 is 0 Å². The minimum absolute atomic E-state index is 1.02. The van der Waals surface area contributed by atoms with E-state index in [1.807, 2.05) is 0 Å². The van der Waals surface area contributed by atoms with Gasteiger partial charge in [-0.15, -0.1) is 0 Å². The summed E-state index contributed by atoms with van der Waals surface area (Å²) in [5.74, 6) is 0. The molecular formula is C27H19N. The van der Waals surface area contributed by atoms with E-state index in [0.29, 0.717) is 0 Å². The van der Waals surface area contributed by atoms with Gasteiger partial charge >= 0.3 is 0 Å². The molecule has 4 aromatic rings. The summed E-state index contributed by atoms with van der Waals surface area (Å²) in [5, 5.41) is 0. The van der Waals surface area contributed by atoms with Crippen LogP contribution in [0.3, 0.4) is 0 Å². The Morgan fingerprint density at radius 2 is 1.14 bits per heavy atom. The summed E-state index contributed by atoms with van der Waals surface area (Å²) in [6.45, 7) is 0. The molecule has 0 atom stereocenters. The molecule has 1 heteroatoms. The van der Waals surface area contributed by atoms with Crippen molar-refractivity contribution in [2.24, 2.45) is 0 Å². The first-order valence-electron chi connectivity index (χ1n) is 10.1. The van der Waals surface area contributed by atoms with E-state index in [0.717, 1.165) is 19.3 Å². The van der Waals surface area contributed by atoms with Gasteiger partial charge < -0.3 is 4.90 Å². The second-order valence-electron chi connectivity index (χ2n) is 8.21. The Kier molecular flexibility index (Phi) is 2.70. The van der Waals surface area contributed by atoms with Gasteiger partial charge in [0, 0.05) is 18.5 Å². The first kappa shape index (κ1) is 14.7. The fourth-order valence-corrected chi connectivity index (χ4v) is 5.44. The molecule has 0 saturated heterocycles. The van der Waals surface area contributed by atoms with Crippen LogP contribution in [0.2, 0.25) is 0 Å². The number of hydrogen-bond donors (Lipinski definition) is 0. The molecule has 2 heterocycles.